The van der Waals surface area contributed by atoms with Gasteiger partial charge in [-0.05, 0) is 43.5 Å². The monoisotopic (exact) mass is 234 g/mol. The molecule has 1 aromatic carbocycles. The molecule has 0 spiro atoms. The maximum absolute atomic E-state index is 10.0. The quantitative estimate of drug-likeness (QED) is 0.594. The normalized spacial score (nSPS) is 27.9. The van der Waals surface area contributed by atoms with E-state index in [2.05, 4.69) is 11.9 Å². The van der Waals surface area contributed by atoms with Gasteiger partial charge in [-0.25, -0.2) is 0 Å². The van der Waals surface area contributed by atoms with Crippen LogP contribution >= 0.6 is 0 Å². The van der Waals surface area contributed by atoms with E-state index in [1.165, 1.54) is 0 Å². The topological polar surface area (TPSA) is 69.7 Å². The summed E-state index contributed by atoms with van der Waals surface area (Å²) in [6.07, 6.45) is 2.80. The average molecular weight is 234 g/mol. The molecule has 0 unspecified atom stereocenters. The molecule has 92 valence electrons. The zero-order valence-electron chi connectivity index (χ0n) is 9.98. The molecule has 3 rings (SSSR count). The first-order chi connectivity index (χ1) is 8.09. The van der Waals surface area contributed by atoms with Gasteiger partial charge in [0, 0.05) is 24.2 Å². The van der Waals surface area contributed by atoms with Gasteiger partial charge in [-0.2, -0.15) is 0 Å². The fourth-order valence-corrected chi connectivity index (χ4v) is 3.24. The van der Waals surface area contributed by atoms with Gasteiger partial charge in [0.25, 0.3) is 0 Å². The first kappa shape index (κ1) is 10.9. The van der Waals surface area contributed by atoms with Gasteiger partial charge in [0.05, 0.1) is 0 Å². The first-order valence-corrected chi connectivity index (χ1v) is 6.13. The Labute approximate surface area is 101 Å². The Bertz CT molecular complexity index is 473. The fraction of sp³-hybridized carbons (Fsp3) is 0.538. The second kappa shape index (κ2) is 3.62. The van der Waals surface area contributed by atoms with Crippen molar-refractivity contribution < 1.29 is 10.2 Å². The van der Waals surface area contributed by atoms with Crippen LogP contribution in [0.1, 0.15) is 41.6 Å². The van der Waals surface area contributed by atoms with Gasteiger partial charge in [0.2, 0.25) is 0 Å². The van der Waals surface area contributed by atoms with Gasteiger partial charge < -0.3 is 15.9 Å². The Morgan fingerprint density at radius 3 is 2.82 bits per heavy atom. The summed E-state index contributed by atoms with van der Waals surface area (Å²) >= 11 is 0. The molecule has 4 nitrogen and oxygen atoms in total. The van der Waals surface area contributed by atoms with Crippen molar-refractivity contribution in [2.24, 2.45) is 5.73 Å². The Morgan fingerprint density at radius 2 is 2.06 bits per heavy atom. The molecule has 0 bridgehead atoms. The number of benzene rings is 1. The van der Waals surface area contributed by atoms with E-state index in [0.717, 1.165) is 42.5 Å². The number of hydrogen-bond donors (Lipinski definition) is 3. The summed E-state index contributed by atoms with van der Waals surface area (Å²) in [5.41, 5.74) is 9.16. The molecule has 2 atom stereocenters. The highest BCUT2D eigenvalue weighted by Gasteiger charge is 2.35. The van der Waals surface area contributed by atoms with Crippen LogP contribution in [0.2, 0.25) is 0 Å². The second-order valence-corrected chi connectivity index (χ2v) is 5.16. The molecule has 1 aliphatic heterocycles. The van der Waals surface area contributed by atoms with Crippen molar-refractivity contribution in [3.63, 3.8) is 0 Å². The first-order valence-electron chi connectivity index (χ1n) is 6.13. The van der Waals surface area contributed by atoms with Crippen molar-refractivity contribution in [2.45, 2.75) is 31.3 Å². The molecule has 1 heterocycles. The zero-order chi connectivity index (χ0) is 12.2. The highest BCUT2D eigenvalue weighted by atomic mass is 16.3. The molecule has 0 amide bonds. The third-order valence-corrected chi connectivity index (χ3v) is 4.17. The van der Waals surface area contributed by atoms with Crippen LogP contribution in [0.3, 0.4) is 0 Å². The van der Waals surface area contributed by atoms with Crippen molar-refractivity contribution in [1.82, 2.24) is 4.90 Å². The summed E-state index contributed by atoms with van der Waals surface area (Å²) < 4.78 is 0. The van der Waals surface area contributed by atoms with Crippen molar-refractivity contribution in [1.29, 1.82) is 0 Å². The zero-order valence-corrected chi connectivity index (χ0v) is 9.98. The Morgan fingerprint density at radius 1 is 1.29 bits per heavy atom. The number of phenolic OH excluding ortho intramolecular Hbond substituents is 2. The lowest BCUT2D eigenvalue weighted by molar-refractivity contribution is 0.198. The predicted molar refractivity (Wildman–Crippen MR) is 65.0 cm³/mol. The molecule has 0 saturated carbocycles. The van der Waals surface area contributed by atoms with Crippen LogP contribution in [0.15, 0.2) is 6.07 Å². The molecule has 0 aromatic heterocycles. The number of rotatable bonds is 0. The number of aromatic hydroxyl groups is 2. The lowest BCUT2D eigenvalue weighted by atomic mass is 9.78. The molecule has 0 saturated heterocycles. The molecule has 0 radical (unpaired) electrons. The molecule has 2 aliphatic rings. The van der Waals surface area contributed by atoms with E-state index in [-0.39, 0.29) is 17.5 Å². The summed E-state index contributed by atoms with van der Waals surface area (Å²) in [6, 6.07) is 1.89. The van der Waals surface area contributed by atoms with Crippen LogP contribution in [-0.2, 0) is 6.42 Å². The fourth-order valence-electron chi connectivity index (χ4n) is 3.24. The van der Waals surface area contributed by atoms with Crippen LogP contribution < -0.4 is 5.73 Å². The van der Waals surface area contributed by atoms with E-state index in [1.54, 1.807) is 6.07 Å². The molecular weight excluding hydrogens is 216 g/mol. The van der Waals surface area contributed by atoms with E-state index in [9.17, 15) is 10.2 Å². The van der Waals surface area contributed by atoms with Crippen molar-refractivity contribution in [3.8, 4) is 11.5 Å². The molecule has 4 heteroatoms. The molecular formula is C13H18N2O2. The number of likely N-dealkylation sites (N-methyl/N-ethyl adjacent to an activating group) is 1. The van der Waals surface area contributed by atoms with Crippen LogP contribution in [0.4, 0.5) is 0 Å². The van der Waals surface area contributed by atoms with E-state index in [0.29, 0.717) is 6.04 Å². The Kier molecular flexibility index (Phi) is 2.31. The summed E-state index contributed by atoms with van der Waals surface area (Å²) in [7, 11) is 2.11. The summed E-state index contributed by atoms with van der Waals surface area (Å²) in [4.78, 5) is 2.31. The van der Waals surface area contributed by atoms with Gasteiger partial charge >= 0.3 is 0 Å². The summed E-state index contributed by atoms with van der Waals surface area (Å²) in [6.45, 7) is 0.997. The minimum absolute atomic E-state index is 0.0174. The molecule has 1 aliphatic carbocycles. The smallest absolute Gasteiger partial charge is 0.162 e. The van der Waals surface area contributed by atoms with E-state index < -0.39 is 0 Å². The predicted octanol–water partition coefficient (Wildman–Crippen LogP) is 1.42. The minimum Gasteiger partial charge on any atom is -0.504 e. The van der Waals surface area contributed by atoms with Gasteiger partial charge in [-0.3, -0.25) is 4.90 Å². The SMILES string of the molecule is CN1CCc2cc(O)c(O)c3c2[C@@H]1CC[C@H]3N. The minimum atomic E-state index is -0.154. The van der Waals surface area contributed by atoms with Crippen LogP contribution in [0, 0.1) is 0 Å². The van der Waals surface area contributed by atoms with Crippen molar-refractivity contribution >= 4 is 0 Å². The highest BCUT2D eigenvalue weighted by molar-refractivity contribution is 5.57. The number of phenols is 2. The second-order valence-electron chi connectivity index (χ2n) is 5.16. The van der Waals surface area contributed by atoms with Crippen LogP contribution in [0.5, 0.6) is 11.5 Å². The Hall–Kier alpha value is -1.26. The highest BCUT2D eigenvalue weighted by Crippen LogP contribution is 2.48. The molecule has 17 heavy (non-hydrogen) atoms. The maximum atomic E-state index is 10.0. The number of hydrogen-bond acceptors (Lipinski definition) is 4. The lowest BCUT2D eigenvalue weighted by Crippen LogP contribution is -2.36. The van der Waals surface area contributed by atoms with E-state index in [1.807, 2.05) is 0 Å². The average Bonchev–Trinajstić information content (AvgIpc) is 2.30. The van der Waals surface area contributed by atoms with Crippen molar-refractivity contribution in [2.75, 3.05) is 13.6 Å². The standard InChI is InChI=1S/C13H18N2O2/c1-15-5-4-7-6-10(16)13(17)12-8(14)2-3-9(15)11(7)12/h6,8-9,16-17H,2-5,14H2,1H3/t8-,9+/m1/s1. The number of nitrogens with zero attached hydrogens (tertiary/aromatic N) is 1. The lowest BCUT2D eigenvalue weighted by Gasteiger charge is -2.41. The third-order valence-electron chi connectivity index (χ3n) is 4.17. The largest absolute Gasteiger partial charge is 0.504 e. The maximum Gasteiger partial charge on any atom is 0.162 e. The van der Waals surface area contributed by atoms with Crippen LogP contribution in [0.25, 0.3) is 0 Å². The van der Waals surface area contributed by atoms with Gasteiger partial charge in [0.1, 0.15) is 0 Å². The molecule has 0 fully saturated rings. The van der Waals surface area contributed by atoms with Gasteiger partial charge in [0.15, 0.2) is 11.5 Å². The third kappa shape index (κ3) is 1.44. The van der Waals surface area contributed by atoms with Gasteiger partial charge in [-0.1, -0.05) is 0 Å². The molecule has 4 N–H and O–H groups in total. The Balaban J connectivity index is 2.27. The summed E-state index contributed by atoms with van der Waals surface area (Å²) in [5.74, 6) is -0.0457. The van der Waals surface area contributed by atoms with Crippen molar-refractivity contribution in [3.05, 3.63) is 22.8 Å². The van der Waals surface area contributed by atoms with E-state index >= 15 is 0 Å². The van der Waals surface area contributed by atoms with Crippen LogP contribution in [-0.4, -0.2) is 28.7 Å². The van der Waals surface area contributed by atoms with Gasteiger partial charge in [-0.15, -0.1) is 0 Å². The molecule has 1 aromatic rings. The number of nitrogens with two attached hydrogens (primary N) is 1. The van der Waals surface area contributed by atoms with E-state index in [4.69, 9.17) is 5.73 Å². The summed E-state index contributed by atoms with van der Waals surface area (Å²) in [5, 5.41) is 19.8.